The molecule has 38 heavy (non-hydrogen) atoms. The van der Waals surface area contributed by atoms with E-state index in [1.54, 1.807) is 24.0 Å². The van der Waals surface area contributed by atoms with Crippen molar-refractivity contribution in [1.29, 1.82) is 0 Å². The molecule has 1 aromatic heterocycles. The number of hydrogen-bond acceptors (Lipinski definition) is 5. The highest BCUT2D eigenvalue weighted by molar-refractivity contribution is 5.93. The van der Waals surface area contributed by atoms with Crippen molar-refractivity contribution in [2.24, 2.45) is 0 Å². The number of hydrogen-bond donors (Lipinski definition) is 1. The maximum Gasteiger partial charge on any atom is 0.322 e. The monoisotopic (exact) mass is 521 g/mol. The summed E-state index contributed by atoms with van der Waals surface area (Å²) in [5.74, 6) is 2.62. The molecule has 0 aliphatic heterocycles. The molecular weight excluding hydrogens is 482 g/mol. The lowest BCUT2D eigenvalue weighted by atomic mass is 10.1. The van der Waals surface area contributed by atoms with Crippen LogP contribution in [-0.4, -0.2) is 55.1 Å². The summed E-state index contributed by atoms with van der Waals surface area (Å²) >= 11 is 0. The third-order valence-corrected chi connectivity index (χ3v) is 6.69. The molecule has 3 amide bonds. The van der Waals surface area contributed by atoms with Gasteiger partial charge >= 0.3 is 6.03 Å². The average Bonchev–Trinajstić information content (AvgIpc) is 3.34. The van der Waals surface area contributed by atoms with E-state index in [0.717, 1.165) is 29.0 Å². The first-order chi connectivity index (χ1) is 18.2. The van der Waals surface area contributed by atoms with Crippen molar-refractivity contribution in [3.63, 3.8) is 0 Å². The van der Waals surface area contributed by atoms with Crippen LogP contribution in [0.15, 0.2) is 59.0 Å². The van der Waals surface area contributed by atoms with Crippen LogP contribution >= 0.6 is 0 Å². The second-order valence-corrected chi connectivity index (χ2v) is 9.40. The minimum absolute atomic E-state index is 0.0433. The summed E-state index contributed by atoms with van der Waals surface area (Å²) in [4.78, 5) is 30.3. The molecule has 8 nitrogen and oxygen atoms in total. The van der Waals surface area contributed by atoms with Crippen molar-refractivity contribution in [3.8, 4) is 11.5 Å². The largest absolute Gasteiger partial charge is 0.493 e. The van der Waals surface area contributed by atoms with E-state index in [-0.39, 0.29) is 24.5 Å². The fraction of sp³-hybridized carbons (Fsp3) is 0.400. The SMILES string of the molecule is CC[C@H](C)N(CC(=O)N(CCc1ccc(OC)c(OC)c1)Cc1ccc(C)o1)C(=O)Nc1ccccc1C. The second-order valence-electron chi connectivity index (χ2n) is 9.40. The maximum atomic E-state index is 13.7. The summed E-state index contributed by atoms with van der Waals surface area (Å²) in [5, 5.41) is 2.98. The quantitative estimate of drug-likeness (QED) is 0.325. The van der Waals surface area contributed by atoms with E-state index < -0.39 is 0 Å². The van der Waals surface area contributed by atoms with Gasteiger partial charge in [0.2, 0.25) is 5.91 Å². The molecular formula is C30H39N3O5. The Morgan fingerprint density at radius 2 is 1.74 bits per heavy atom. The summed E-state index contributed by atoms with van der Waals surface area (Å²) in [6.45, 7) is 8.49. The predicted molar refractivity (Wildman–Crippen MR) is 149 cm³/mol. The Kier molecular flexibility index (Phi) is 10.2. The van der Waals surface area contributed by atoms with E-state index in [1.807, 2.05) is 82.3 Å². The van der Waals surface area contributed by atoms with Crippen molar-refractivity contribution in [1.82, 2.24) is 9.80 Å². The van der Waals surface area contributed by atoms with Gasteiger partial charge in [0.15, 0.2) is 11.5 Å². The van der Waals surface area contributed by atoms with Crippen LogP contribution in [0.2, 0.25) is 0 Å². The summed E-state index contributed by atoms with van der Waals surface area (Å²) in [6, 6.07) is 16.7. The second kappa shape index (κ2) is 13.6. The first-order valence-electron chi connectivity index (χ1n) is 12.9. The van der Waals surface area contributed by atoms with Gasteiger partial charge in [0.25, 0.3) is 0 Å². The fourth-order valence-corrected chi connectivity index (χ4v) is 4.14. The van der Waals surface area contributed by atoms with E-state index in [1.165, 1.54) is 0 Å². The number of aryl methyl sites for hydroxylation is 2. The third-order valence-electron chi connectivity index (χ3n) is 6.69. The number of methoxy groups -OCH3 is 2. The van der Waals surface area contributed by atoms with Crippen LogP contribution in [0.4, 0.5) is 10.5 Å². The van der Waals surface area contributed by atoms with E-state index >= 15 is 0 Å². The zero-order valence-corrected chi connectivity index (χ0v) is 23.2. The molecule has 0 saturated heterocycles. The Balaban J connectivity index is 1.79. The molecule has 0 spiro atoms. The molecule has 1 atom stereocenters. The van der Waals surface area contributed by atoms with Crippen LogP contribution < -0.4 is 14.8 Å². The minimum atomic E-state index is -0.296. The van der Waals surface area contributed by atoms with Gasteiger partial charge in [-0.2, -0.15) is 0 Å². The molecule has 0 aliphatic carbocycles. The van der Waals surface area contributed by atoms with Gasteiger partial charge in [0.05, 0.1) is 20.8 Å². The van der Waals surface area contributed by atoms with Crippen molar-refractivity contribution in [2.45, 2.75) is 53.1 Å². The molecule has 0 fully saturated rings. The standard InChI is InChI=1S/C30H39N3O5/c1-7-22(3)33(30(35)31-26-11-9-8-10-21(26)2)20-29(34)32(19-25-14-12-23(4)38-25)17-16-24-13-15-27(36-5)28(18-24)37-6/h8-15,18,22H,7,16-17,19-20H2,1-6H3,(H,31,35)/t22-/m0/s1. The molecule has 0 unspecified atom stereocenters. The summed E-state index contributed by atoms with van der Waals surface area (Å²) in [7, 11) is 3.20. The van der Waals surface area contributed by atoms with Crippen LogP contribution in [0.1, 0.15) is 42.9 Å². The number of nitrogens with one attached hydrogen (secondary N) is 1. The minimum Gasteiger partial charge on any atom is -0.493 e. The molecule has 0 bridgehead atoms. The van der Waals surface area contributed by atoms with Gasteiger partial charge in [0, 0.05) is 18.3 Å². The van der Waals surface area contributed by atoms with Gasteiger partial charge in [-0.05, 0) is 75.1 Å². The number of carbonyl (C=O) groups excluding carboxylic acids is 2. The van der Waals surface area contributed by atoms with Crippen LogP contribution in [0, 0.1) is 13.8 Å². The lowest BCUT2D eigenvalue weighted by Gasteiger charge is -2.31. The van der Waals surface area contributed by atoms with Crippen molar-refractivity contribution < 1.29 is 23.5 Å². The number of carbonyl (C=O) groups is 2. The highest BCUT2D eigenvalue weighted by Crippen LogP contribution is 2.28. The normalized spacial score (nSPS) is 11.5. The predicted octanol–water partition coefficient (Wildman–Crippen LogP) is 5.82. The summed E-state index contributed by atoms with van der Waals surface area (Å²) in [5.41, 5.74) is 2.70. The molecule has 0 aliphatic rings. The maximum absolute atomic E-state index is 13.7. The summed E-state index contributed by atoms with van der Waals surface area (Å²) in [6.07, 6.45) is 1.32. The molecule has 3 aromatic rings. The molecule has 0 radical (unpaired) electrons. The molecule has 1 N–H and O–H groups in total. The van der Waals surface area contributed by atoms with E-state index in [2.05, 4.69) is 5.32 Å². The molecule has 3 rings (SSSR count). The van der Waals surface area contributed by atoms with Gasteiger partial charge in [-0.25, -0.2) is 4.79 Å². The number of para-hydroxylation sites is 1. The zero-order chi connectivity index (χ0) is 27.7. The van der Waals surface area contributed by atoms with Gasteiger partial charge in [-0.15, -0.1) is 0 Å². The van der Waals surface area contributed by atoms with Gasteiger partial charge in [0.1, 0.15) is 18.1 Å². The Morgan fingerprint density at radius 3 is 2.37 bits per heavy atom. The van der Waals surface area contributed by atoms with Crippen LogP contribution in [-0.2, 0) is 17.8 Å². The lowest BCUT2D eigenvalue weighted by molar-refractivity contribution is -0.133. The van der Waals surface area contributed by atoms with Crippen molar-refractivity contribution >= 4 is 17.6 Å². The number of anilines is 1. The lowest BCUT2D eigenvalue weighted by Crippen LogP contribution is -2.48. The number of rotatable bonds is 12. The van der Waals surface area contributed by atoms with E-state index in [9.17, 15) is 9.59 Å². The topological polar surface area (TPSA) is 84.2 Å². The van der Waals surface area contributed by atoms with Gasteiger partial charge < -0.3 is 29.0 Å². The smallest absolute Gasteiger partial charge is 0.322 e. The molecule has 2 aromatic carbocycles. The number of nitrogens with zero attached hydrogens (tertiary/aromatic N) is 2. The Labute approximate surface area is 225 Å². The number of amides is 3. The first-order valence-corrected chi connectivity index (χ1v) is 12.9. The highest BCUT2D eigenvalue weighted by Gasteiger charge is 2.26. The number of urea groups is 1. The van der Waals surface area contributed by atoms with E-state index in [4.69, 9.17) is 13.9 Å². The number of ether oxygens (including phenoxy) is 2. The van der Waals surface area contributed by atoms with Crippen molar-refractivity contribution in [2.75, 3.05) is 32.6 Å². The number of furan rings is 1. The van der Waals surface area contributed by atoms with Crippen molar-refractivity contribution in [3.05, 3.63) is 77.2 Å². The highest BCUT2D eigenvalue weighted by atomic mass is 16.5. The third kappa shape index (κ3) is 7.54. The van der Waals surface area contributed by atoms with Gasteiger partial charge in [-0.3, -0.25) is 4.79 Å². The zero-order valence-electron chi connectivity index (χ0n) is 23.2. The first kappa shape index (κ1) is 28.6. The van der Waals surface area contributed by atoms with E-state index in [0.29, 0.717) is 36.8 Å². The molecule has 8 heteroatoms. The Hall–Kier alpha value is -3.94. The Bertz CT molecular complexity index is 1220. The van der Waals surface area contributed by atoms with Crippen LogP contribution in [0.3, 0.4) is 0 Å². The molecule has 204 valence electrons. The molecule has 0 saturated carbocycles. The molecule has 1 heterocycles. The average molecular weight is 522 g/mol. The Morgan fingerprint density at radius 1 is 1.00 bits per heavy atom. The number of benzene rings is 2. The fourth-order valence-electron chi connectivity index (χ4n) is 4.14. The van der Waals surface area contributed by atoms with Gasteiger partial charge in [-0.1, -0.05) is 31.2 Å². The van der Waals surface area contributed by atoms with Crippen LogP contribution in [0.25, 0.3) is 0 Å². The summed E-state index contributed by atoms with van der Waals surface area (Å²) < 4.78 is 16.5. The van der Waals surface area contributed by atoms with Crippen LogP contribution in [0.5, 0.6) is 11.5 Å².